The maximum Gasteiger partial charge on any atom is 0.431 e. The number of ether oxygens (including phenoxy) is 3. The van der Waals surface area contributed by atoms with Gasteiger partial charge in [0.15, 0.2) is 5.92 Å². The second-order valence-electron chi connectivity index (χ2n) is 7.09. The van der Waals surface area contributed by atoms with Crippen LogP contribution in [0.25, 0.3) is 0 Å². The lowest BCUT2D eigenvalue weighted by molar-refractivity contribution is -0.162. The van der Waals surface area contributed by atoms with E-state index in [1.165, 1.54) is 12.1 Å². The van der Waals surface area contributed by atoms with Gasteiger partial charge in [0.05, 0.1) is 26.9 Å². The average molecular weight is 410 g/mol. The topological polar surface area (TPSA) is 77.4 Å². The molecule has 1 heterocycles. The van der Waals surface area contributed by atoms with E-state index in [0.29, 0.717) is 19.4 Å². The van der Waals surface area contributed by atoms with Crippen LogP contribution in [0.15, 0.2) is 5.10 Å². The van der Waals surface area contributed by atoms with Crippen LogP contribution < -0.4 is 0 Å². The van der Waals surface area contributed by atoms with E-state index in [1.54, 1.807) is 13.8 Å². The lowest BCUT2D eigenvalue weighted by Crippen LogP contribution is -2.40. The second-order valence-corrected chi connectivity index (χ2v) is 7.09. The summed E-state index contributed by atoms with van der Waals surface area (Å²) < 4.78 is 55.5. The fraction of sp³-hybridized carbons (Fsp3) is 0.833. The van der Waals surface area contributed by atoms with Crippen molar-refractivity contribution in [2.24, 2.45) is 22.9 Å². The zero-order valence-electron chi connectivity index (χ0n) is 16.9. The molecule has 1 fully saturated rings. The van der Waals surface area contributed by atoms with Crippen molar-refractivity contribution >= 4 is 17.7 Å². The van der Waals surface area contributed by atoms with Gasteiger partial charge in [0.1, 0.15) is 5.71 Å². The SMILES string of the molecule is COC[C@@H]1CCCN1/N=C(/C[C@H](C(C)C)C(C(=O)OC)C(=O)OC)C(F)(F)F. The summed E-state index contributed by atoms with van der Waals surface area (Å²) in [5.41, 5.74) is -1.04. The van der Waals surface area contributed by atoms with Crippen LogP contribution in [0.4, 0.5) is 13.2 Å². The molecule has 2 atom stereocenters. The van der Waals surface area contributed by atoms with Gasteiger partial charge in [-0.1, -0.05) is 13.8 Å². The fourth-order valence-corrected chi connectivity index (χ4v) is 3.34. The van der Waals surface area contributed by atoms with E-state index in [4.69, 9.17) is 4.74 Å². The molecule has 7 nitrogen and oxygen atoms in total. The van der Waals surface area contributed by atoms with Crippen LogP contribution in [0.1, 0.15) is 33.1 Å². The molecule has 0 saturated carbocycles. The van der Waals surface area contributed by atoms with Crippen LogP contribution in [0.5, 0.6) is 0 Å². The zero-order valence-corrected chi connectivity index (χ0v) is 16.9. The molecule has 0 aromatic heterocycles. The van der Waals surface area contributed by atoms with Crippen molar-refractivity contribution in [2.45, 2.75) is 45.3 Å². The van der Waals surface area contributed by atoms with Crippen LogP contribution in [-0.2, 0) is 23.8 Å². The lowest BCUT2D eigenvalue weighted by atomic mass is 9.79. The molecule has 0 bridgehead atoms. The van der Waals surface area contributed by atoms with Gasteiger partial charge in [0, 0.05) is 20.1 Å². The number of rotatable bonds is 9. The van der Waals surface area contributed by atoms with Gasteiger partial charge in [0.25, 0.3) is 0 Å². The number of halogens is 3. The van der Waals surface area contributed by atoms with Crippen molar-refractivity contribution in [2.75, 3.05) is 34.5 Å². The number of carbonyl (C=O) groups is 2. The van der Waals surface area contributed by atoms with Crippen molar-refractivity contribution < 1.29 is 37.0 Å². The summed E-state index contributed by atoms with van der Waals surface area (Å²) in [6.07, 6.45) is -3.91. The van der Waals surface area contributed by atoms with Crippen molar-refractivity contribution in [3.05, 3.63) is 0 Å². The standard InChI is InChI=1S/C18H29F3N2O5/c1-11(2)13(15(16(24)27-4)17(25)28-5)9-14(18(19,20)21)22-23-8-6-7-12(23)10-26-3/h11-13,15H,6-10H2,1-5H3/b22-14-/t12-,13+/m0/s1. The van der Waals surface area contributed by atoms with Gasteiger partial charge in [-0.25, -0.2) is 0 Å². The van der Waals surface area contributed by atoms with Gasteiger partial charge in [-0.3, -0.25) is 14.6 Å². The van der Waals surface area contributed by atoms with Gasteiger partial charge < -0.3 is 14.2 Å². The van der Waals surface area contributed by atoms with Crippen molar-refractivity contribution in [3.8, 4) is 0 Å². The Hall–Kier alpha value is -1.84. The summed E-state index contributed by atoms with van der Waals surface area (Å²) in [6, 6.07) is -0.239. The van der Waals surface area contributed by atoms with Crippen molar-refractivity contribution in [3.63, 3.8) is 0 Å². The summed E-state index contributed by atoms with van der Waals surface area (Å²) in [6.45, 7) is 3.94. The quantitative estimate of drug-likeness (QED) is 0.330. The Labute approximate surface area is 163 Å². The third kappa shape index (κ3) is 6.35. The third-order valence-electron chi connectivity index (χ3n) is 4.91. The molecule has 0 aromatic rings. The summed E-state index contributed by atoms with van der Waals surface area (Å²) in [7, 11) is 3.64. The van der Waals surface area contributed by atoms with Crippen LogP contribution >= 0.6 is 0 Å². The Morgan fingerprint density at radius 1 is 1.14 bits per heavy atom. The van der Waals surface area contributed by atoms with Crippen molar-refractivity contribution in [1.29, 1.82) is 0 Å². The smallest absolute Gasteiger partial charge is 0.431 e. The number of hydrogen-bond acceptors (Lipinski definition) is 7. The predicted molar refractivity (Wildman–Crippen MR) is 95.6 cm³/mol. The maximum absolute atomic E-state index is 13.7. The molecule has 1 aliphatic heterocycles. The van der Waals surface area contributed by atoms with Gasteiger partial charge in [-0.15, -0.1) is 0 Å². The second kappa shape index (κ2) is 10.6. The van der Waals surface area contributed by atoms with E-state index in [1.807, 2.05) is 0 Å². The molecule has 0 spiro atoms. The van der Waals surface area contributed by atoms with Gasteiger partial charge in [-0.05, 0) is 24.7 Å². The average Bonchev–Trinajstić information content (AvgIpc) is 3.05. The highest BCUT2D eigenvalue weighted by Crippen LogP contribution is 2.33. The Bertz CT molecular complexity index is 550. The van der Waals surface area contributed by atoms with E-state index in [9.17, 15) is 22.8 Å². The number of carbonyl (C=O) groups excluding carboxylic acids is 2. The first-order valence-electron chi connectivity index (χ1n) is 9.12. The maximum atomic E-state index is 13.7. The van der Waals surface area contributed by atoms with Crippen LogP contribution in [0.2, 0.25) is 0 Å². The van der Waals surface area contributed by atoms with Crippen LogP contribution in [0, 0.1) is 17.8 Å². The largest absolute Gasteiger partial charge is 0.468 e. The first-order chi connectivity index (χ1) is 13.1. The molecule has 0 N–H and O–H groups in total. The first kappa shape index (κ1) is 24.2. The summed E-state index contributed by atoms with van der Waals surface area (Å²) >= 11 is 0. The minimum absolute atomic E-state index is 0.239. The number of methoxy groups -OCH3 is 3. The molecule has 1 aliphatic rings. The summed E-state index contributed by atoms with van der Waals surface area (Å²) in [5.74, 6) is -4.72. The molecule has 0 unspecified atom stereocenters. The molecule has 1 rings (SSSR count). The minimum atomic E-state index is -4.70. The highest BCUT2D eigenvalue weighted by Gasteiger charge is 2.45. The first-order valence-corrected chi connectivity index (χ1v) is 9.12. The molecule has 162 valence electrons. The zero-order chi connectivity index (χ0) is 21.5. The monoisotopic (exact) mass is 410 g/mol. The third-order valence-corrected chi connectivity index (χ3v) is 4.91. The van der Waals surface area contributed by atoms with Crippen LogP contribution in [-0.4, -0.2) is 69.4 Å². The molecular weight excluding hydrogens is 381 g/mol. The van der Waals surface area contributed by atoms with E-state index < -0.39 is 48.0 Å². The molecule has 10 heteroatoms. The highest BCUT2D eigenvalue weighted by molar-refractivity contribution is 5.97. The van der Waals surface area contributed by atoms with Crippen molar-refractivity contribution in [1.82, 2.24) is 5.01 Å². The van der Waals surface area contributed by atoms with Gasteiger partial charge in [-0.2, -0.15) is 18.3 Å². The molecule has 0 amide bonds. The lowest BCUT2D eigenvalue weighted by Gasteiger charge is -2.29. The highest BCUT2D eigenvalue weighted by atomic mass is 19.4. The Morgan fingerprint density at radius 3 is 2.14 bits per heavy atom. The molecule has 0 aromatic carbocycles. The predicted octanol–water partition coefficient (Wildman–Crippen LogP) is 2.64. The minimum Gasteiger partial charge on any atom is -0.468 e. The fourth-order valence-electron chi connectivity index (χ4n) is 3.34. The van der Waals surface area contributed by atoms with Gasteiger partial charge in [0.2, 0.25) is 0 Å². The molecule has 0 radical (unpaired) electrons. The number of hydrazone groups is 1. The van der Waals surface area contributed by atoms with E-state index in [2.05, 4.69) is 14.6 Å². The molecule has 28 heavy (non-hydrogen) atoms. The number of esters is 2. The summed E-state index contributed by atoms with van der Waals surface area (Å²) in [5, 5.41) is 5.25. The Kier molecular flexibility index (Phi) is 9.19. The normalized spacial score (nSPS) is 19.3. The van der Waals surface area contributed by atoms with Crippen LogP contribution in [0.3, 0.4) is 0 Å². The summed E-state index contributed by atoms with van der Waals surface area (Å²) in [4.78, 5) is 24.2. The Balaban J connectivity index is 3.24. The van der Waals surface area contributed by atoms with E-state index in [-0.39, 0.29) is 12.6 Å². The van der Waals surface area contributed by atoms with Gasteiger partial charge >= 0.3 is 18.1 Å². The molecular formula is C18H29F3N2O5. The molecule has 1 saturated heterocycles. The number of nitrogens with zero attached hydrogens (tertiary/aromatic N) is 2. The number of alkyl halides is 3. The molecule has 0 aliphatic carbocycles. The van der Waals surface area contributed by atoms with E-state index in [0.717, 1.165) is 14.2 Å². The Morgan fingerprint density at radius 2 is 1.71 bits per heavy atom. The van der Waals surface area contributed by atoms with E-state index >= 15 is 0 Å². The number of hydrogen-bond donors (Lipinski definition) is 0.